The fourth-order valence-electron chi connectivity index (χ4n) is 3.96. The number of anilines is 1. The van der Waals surface area contributed by atoms with Crippen LogP contribution in [0.5, 0.6) is 23.0 Å². The van der Waals surface area contributed by atoms with E-state index in [1.54, 1.807) is 0 Å². The Balaban J connectivity index is 1.96. The summed E-state index contributed by atoms with van der Waals surface area (Å²) < 4.78 is 111. The molecule has 238 valence electrons. The van der Waals surface area contributed by atoms with Crippen molar-refractivity contribution < 1.29 is 58.6 Å². The fraction of sp³-hybridized carbons (Fsp3) is 0.0833. The van der Waals surface area contributed by atoms with E-state index in [4.69, 9.17) is 15.2 Å². The molecule has 0 aromatic heterocycles. The lowest BCUT2D eigenvalue weighted by Gasteiger charge is -2.13. The van der Waals surface area contributed by atoms with Gasteiger partial charge in [-0.05, 0) is 36.4 Å². The van der Waals surface area contributed by atoms with E-state index >= 15 is 0 Å². The van der Waals surface area contributed by atoms with Crippen LogP contribution in [0.15, 0.2) is 83.7 Å². The summed E-state index contributed by atoms with van der Waals surface area (Å²) in [7, 11) is -12.4. The SMILES string of the molecule is COc1cc(N=Nc2cc(S(=O)(=O)O)ccc2O)c(N=Nc2c(S(=O)(=O)O)cc3c(S(=O)(=O)O)c(N)ccc3c2O)cc1OC. The second-order valence-corrected chi connectivity index (χ2v) is 13.0. The first-order valence-electron chi connectivity index (χ1n) is 11.8. The summed E-state index contributed by atoms with van der Waals surface area (Å²) in [6.07, 6.45) is 0. The Morgan fingerprint density at radius 3 is 1.71 bits per heavy atom. The van der Waals surface area contributed by atoms with Crippen LogP contribution in [0.4, 0.5) is 28.4 Å². The lowest BCUT2D eigenvalue weighted by Crippen LogP contribution is -2.06. The maximum Gasteiger partial charge on any atom is 0.297 e. The second kappa shape index (κ2) is 11.9. The fourth-order valence-corrected chi connectivity index (χ4v) is 5.93. The number of nitrogen functional groups attached to an aromatic ring is 1. The molecule has 21 heteroatoms. The molecule has 0 saturated heterocycles. The highest BCUT2D eigenvalue weighted by Gasteiger charge is 2.27. The van der Waals surface area contributed by atoms with Crippen LogP contribution in [0.1, 0.15) is 0 Å². The minimum absolute atomic E-state index is 0.0487. The van der Waals surface area contributed by atoms with Gasteiger partial charge >= 0.3 is 0 Å². The van der Waals surface area contributed by atoms with E-state index in [0.29, 0.717) is 6.07 Å². The van der Waals surface area contributed by atoms with Crippen molar-refractivity contribution in [3.8, 4) is 23.0 Å². The minimum Gasteiger partial charge on any atom is -0.506 e. The molecule has 0 aliphatic carbocycles. The van der Waals surface area contributed by atoms with Gasteiger partial charge in [-0.15, -0.1) is 20.5 Å². The minimum atomic E-state index is -5.24. The number of ether oxygens (including phenoxy) is 2. The van der Waals surface area contributed by atoms with Gasteiger partial charge in [0.05, 0.1) is 24.8 Å². The molecule has 0 atom stereocenters. The number of phenolic OH excluding ortho intramolecular Hbond substituents is 2. The van der Waals surface area contributed by atoms with Crippen LogP contribution >= 0.6 is 0 Å². The van der Waals surface area contributed by atoms with Gasteiger partial charge in [-0.2, -0.15) is 25.3 Å². The van der Waals surface area contributed by atoms with Crippen LogP contribution in [0.3, 0.4) is 0 Å². The molecule has 0 saturated carbocycles. The zero-order valence-electron chi connectivity index (χ0n) is 22.7. The molecule has 0 fully saturated rings. The van der Waals surface area contributed by atoms with Gasteiger partial charge in [0.25, 0.3) is 30.4 Å². The number of fused-ring (bicyclic) bond motifs is 1. The Labute approximate surface area is 254 Å². The van der Waals surface area contributed by atoms with E-state index in [0.717, 1.165) is 30.3 Å². The molecule has 45 heavy (non-hydrogen) atoms. The predicted molar refractivity (Wildman–Crippen MR) is 155 cm³/mol. The number of azo groups is 2. The monoisotopic (exact) mass is 683 g/mol. The number of methoxy groups -OCH3 is 2. The number of hydrogen-bond donors (Lipinski definition) is 6. The maximum absolute atomic E-state index is 12.3. The number of benzene rings is 4. The van der Waals surface area contributed by atoms with Gasteiger partial charge in [0, 0.05) is 22.9 Å². The molecule has 4 aromatic rings. The third-order valence-corrected chi connectivity index (χ3v) is 8.69. The van der Waals surface area contributed by atoms with E-state index in [9.17, 15) is 49.1 Å². The average Bonchev–Trinajstić information content (AvgIpc) is 2.94. The van der Waals surface area contributed by atoms with Gasteiger partial charge in [0.15, 0.2) is 17.2 Å². The normalized spacial score (nSPS) is 12.7. The number of nitrogens with zero attached hydrogens (tertiary/aromatic N) is 4. The lowest BCUT2D eigenvalue weighted by molar-refractivity contribution is 0.355. The topological polar surface area (TPSA) is 297 Å². The first-order chi connectivity index (χ1) is 20.9. The number of aromatic hydroxyl groups is 2. The summed E-state index contributed by atoms with van der Waals surface area (Å²) in [5.41, 5.74) is 3.44. The molecule has 0 bridgehead atoms. The molecule has 4 aromatic carbocycles. The summed E-state index contributed by atoms with van der Waals surface area (Å²) in [6, 6.07) is 7.79. The molecular formula is C24H21N5O13S3. The molecule has 0 amide bonds. The van der Waals surface area contributed by atoms with Crippen molar-refractivity contribution in [3.05, 3.63) is 48.5 Å². The Morgan fingerprint density at radius 2 is 1.20 bits per heavy atom. The first kappa shape index (κ1) is 33.0. The molecule has 0 spiro atoms. The van der Waals surface area contributed by atoms with Gasteiger partial charge < -0.3 is 25.4 Å². The molecule has 0 unspecified atom stereocenters. The third-order valence-electron chi connectivity index (χ3n) is 6.00. The van der Waals surface area contributed by atoms with Crippen LogP contribution in [0.2, 0.25) is 0 Å². The number of hydrogen-bond acceptors (Lipinski definition) is 15. The van der Waals surface area contributed by atoms with Gasteiger partial charge in [-0.25, -0.2) is 0 Å². The Bertz CT molecular complexity index is 2250. The quantitative estimate of drug-likeness (QED) is 0.0808. The van der Waals surface area contributed by atoms with E-state index in [1.807, 2.05) is 0 Å². The third kappa shape index (κ3) is 6.77. The summed E-state index contributed by atoms with van der Waals surface area (Å²) in [4.78, 5) is -2.67. The maximum atomic E-state index is 12.3. The van der Waals surface area contributed by atoms with Crippen molar-refractivity contribution >= 4 is 69.6 Å². The molecule has 0 radical (unpaired) electrons. The van der Waals surface area contributed by atoms with Crippen LogP contribution < -0.4 is 15.2 Å². The predicted octanol–water partition coefficient (Wildman–Crippen LogP) is 4.42. The number of nitrogens with two attached hydrogens (primary N) is 1. The van der Waals surface area contributed by atoms with E-state index < -0.39 is 79.0 Å². The lowest BCUT2D eigenvalue weighted by atomic mass is 10.1. The van der Waals surface area contributed by atoms with Crippen LogP contribution in [-0.2, 0) is 30.4 Å². The van der Waals surface area contributed by atoms with E-state index in [2.05, 4.69) is 20.5 Å². The van der Waals surface area contributed by atoms with Gasteiger partial charge in [-0.1, -0.05) is 0 Å². The second-order valence-electron chi connectivity index (χ2n) is 8.82. The zero-order valence-corrected chi connectivity index (χ0v) is 25.2. The molecule has 0 aliphatic heterocycles. The van der Waals surface area contributed by atoms with Crippen molar-refractivity contribution in [3.63, 3.8) is 0 Å². The first-order valence-corrected chi connectivity index (χ1v) is 16.1. The van der Waals surface area contributed by atoms with E-state index in [1.165, 1.54) is 26.4 Å². The van der Waals surface area contributed by atoms with Gasteiger partial charge in [0.2, 0.25) is 0 Å². The Morgan fingerprint density at radius 1 is 0.644 bits per heavy atom. The molecule has 0 aliphatic rings. The van der Waals surface area contributed by atoms with Crippen molar-refractivity contribution in [2.24, 2.45) is 20.5 Å². The standard InChI is InChI=1S/C24H21N5O13S3/c1-41-19-9-15(26-28-17-7-11(43(32,33)34)3-6-18(17)30)16(10-20(19)42-2)27-29-22-21(44(35,36)37)8-13-12(23(22)31)4-5-14(25)24(13)45(38,39)40/h3-10,30-31H,25H2,1-2H3,(H,32,33,34)(H,35,36,37)(H,38,39,40). The highest BCUT2D eigenvalue weighted by Crippen LogP contribution is 2.46. The highest BCUT2D eigenvalue weighted by molar-refractivity contribution is 7.86. The van der Waals surface area contributed by atoms with E-state index in [-0.39, 0.29) is 28.3 Å². The molecule has 7 N–H and O–H groups in total. The number of rotatable bonds is 9. The summed E-state index contributed by atoms with van der Waals surface area (Å²) in [5, 5.41) is 35.5. The summed E-state index contributed by atoms with van der Waals surface area (Å²) in [5.74, 6) is -1.39. The van der Waals surface area contributed by atoms with Crippen LogP contribution in [0, 0.1) is 0 Å². The highest BCUT2D eigenvalue weighted by atomic mass is 32.2. The van der Waals surface area contributed by atoms with Gasteiger partial charge in [-0.3, -0.25) is 13.7 Å². The van der Waals surface area contributed by atoms with Gasteiger partial charge in [0.1, 0.15) is 38.3 Å². The molecule has 0 heterocycles. The largest absolute Gasteiger partial charge is 0.506 e. The average molecular weight is 684 g/mol. The van der Waals surface area contributed by atoms with Crippen molar-refractivity contribution in [1.29, 1.82) is 0 Å². The molecular weight excluding hydrogens is 662 g/mol. The number of phenols is 2. The molecule has 18 nitrogen and oxygen atoms in total. The molecule has 4 rings (SSSR count). The smallest absolute Gasteiger partial charge is 0.297 e. The zero-order chi connectivity index (χ0) is 33.5. The summed E-state index contributed by atoms with van der Waals surface area (Å²) >= 11 is 0. The Kier molecular flexibility index (Phi) is 8.70. The summed E-state index contributed by atoms with van der Waals surface area (Å²) in [6.45, 7) is 0. The van der Waals surface area contributed by atoms with Crippen molar-refractivity contribution in [1.82, 2.24) is 0 Å². The van der Waals surface area contributed by atoms with Crippen LogP contribution in [0.25, 0.3) is 10.8 Å². The Hall–Kier alpha value is -4.93. The van der Waals surface area contributed by atoms with Crippen molar-refractivity contribution in [2.75, 3.05) is 20.0 Å². The van der Waals surface area contributed by atoms with Crippen molar-refractivity contribution in [2.45, 2.75) is 14.7 Å². The van der Waals surface area contributed by atoms with Crippen LogP contribution in [-0.4, -0.2) is 63.3 Å².